The van der Waals surface area contributed by atoms with Crippen molar-refractivity contribution >= 4 is 51.5 Å². The van der Waals surface area contributed by atoms with Crippen LogP contribution in [0, 0.1) is 12.7 Å². The Balaban J connectivity index is 1.75. The van der Waals surface area contributed by atoms with Crippen LogP contribution in [0.2, 0.25) is 10.0 Å². The first-order chi connectivity index (χ1) is 15.8. The summed E-state index contributed by atoms with van der Waals surface area (Å²) in [6.07, 6.45) is 0. The molecule has 33 heavy (non-hydrogen) atoms. The number of ketones is 1. The molecule has 0 saturated heterocycles. The van der Waals surface area contributed by atoms with Crippen molar-refractivity contribution in [2.45, 2.75) is 13.8 Å². The van der Waals surface area contributed by atoms with Crippen LogP contribution in [-0.4, -0.2) is 18.3 Å². The monoisotopic (exact) mass is 485 g/mol. The van der Waals surface area contributed by atoms with Crippen LogP contribution in [-0.2, 0) is 0 Å². The number of furan rings is 1. The third kappa shape index (κ3) is 4.45. The van der Waals surface area contributed by atoms with Gasteiger partial charge >= 0.3 is 0 Å². The summed E-state index contributed by atoms with van der Waals surface area (Å²) in [7, 11) is 0. The van der Waals surface area contributed by atoms with Gasteiger partial charge in [-0.1, -0.05) is 47.5 Å². The van der Waals surface area contributed by atoms with E-state index in [1.807, 2.05) is 0 Å². The number of halogens is 3. The van der Waals surface area contributed by atoms with Gasteiger partial charge in [-0.05, 0) is 49.7 Å². The van der Waals surface area contributed by atoms with E-state index in [1.54, 1.807) is 38.1 Å². The first kappa shape index (κ1) is 22.8. The second-order valence-corrected chi connectivity index (χ2v) is 8.07. The van der Waals surface area contributed by atoms with E-state index in [0.717, 1.165) is 6.07 Å². The summed E-state index contributed by atoms with van der Waals surface area (Å²) in [4.78, 5) is 26.2. The molecule has 0 aliphatic heterocycles. The van der Waals surface area contributed by atoms with Gasteiger partial charge in [0.2, 0.25) is 5.78 Å². The molecule has 1 N–H and O–H groups in total. The number of rotatable bonds is 6. The fraction of sp³-hybridized carbons (Fsp3) is 0.120. The zero-order chi connectivity index (χ0) is 23.7. The minimum atomic E-state index is -0.567. The van der Waals surface area contributed by atoms with Crippen LogP contribution >= 0.6 is 23.2 Å². The lowest BCUT2D eigenvalue weighted by Gasteiger charge is -2.11. The number of hydrogen-bond acceptors (Lipinski definition) is 4. The summed E-state index contributed by atoms with van der Waals surface area (Å²) < 4.78 is 25.2. The zero-order valence-electron chi connectivity index (χ0n) is 17.7. The van der Waals surface area contributed by atoms with E-state index >= 15 is 0 Å². The lowest BCUT2D eigenvalue weighted by atomic mass is 10.0. The van der Waals surface area contributed by atoms with Crippen LogP contribution in [0.3, 0.4) is 0 Å². The van der Waals surface area contributed by atoms with Crippen molar-refractivity contribution in [3.63, 3.8) is 0 Å². The molecule has 1 aromatic heterocycles. The number of hydrogen-bond donors (Lipinski definition) is 1. The van der Waals surface area contributed by atoms with E-state index in [0.29, 0.717) is 23.1 Å². The fourth-order valence-corrected chi connectivity index (χ4v) is 3.95. The third-order valence-corrected chi connectivity index (χ3v) is 5.58. The van der Waals surface area contributed by atoms with Gasteiger partial charge < -0.3 is 14.5 Å². The molecule has 0 fully saturated rings. The summed E-state index contributed by atoms with van der Waals surface area (Å²) in [6, 6.07) is 13.9. The second kappa shape index (κ2) is 9.25. The molecule has 0 unspecified atom stereocenters. The number of para-hydroxylation sites is 1. The number of carbonyl (C=O) groups excluding carboxylic acids is 2. The first-order valence-corrected chi connectivity index (χ1v) is 10.8. The van der Waals surface area contributed by atoms with Crippen LogP contribution in [0.25, 0.3) is 11.0 Å². The maximum Gasteiger partial charge on any atom is 0.255 e. The van der Waals surface area contributed by atoms with E-state index in [1.165, 1.54) is 24.3 Å². The van der Waals surface area contributed by atoms with E-state index in [-0.39, 0.29) is 38.4 Å². The molecule has 3 aromatic carbocycles. The molecule has 168 valence electrons. The highest BCUT2D eigenvalue weighted by atomic mass is 35.5. The van der Waals surface area contributed by atoms with E-state index < -0.39 is 17.5 Å². The third-order valence-electron chi connectivity index (χ3n) is 5.02. The van der Waals surface area contributed by atoms with Crippen molar-refractivity contribution < 1.29 is 23.1 Å². The Morgan fingerprint density at radius 1 is 1.03 bits per heavy atom. The predicted octanol–water partition coefficient (Wildman–Crippen LogP) is 7.07. The topological polar surface area (TPSA) is 68.5 Å². The highest BCUT2D eigenvalue weighted by Gasteiger charge is 2.25. The molecule has 0 radical (unpaired) electrons. The number of nitrogens with one attached hydrogen (secondary N) is 1. The molecule has 0 atom stereocenters. The molecule has 1 amide bonds. The van der Waals surface area contributed by atoms with Crippen molar-refractivity contribution in [3.8, 4) is 5.75 Å². The molecular weight excluding hydrogens is 468 g/mol. The van der Waals surface area contributed by atoms with Gasteiger partial charge in [-0.25, -0.2) is 4.39 Å². The minimum Gasteiger partial charge on any atom is -0.491 e. The quantitative estimate of drug-likeness (QED) is 0.296. The van der Waals surface area contributed by atoms with Crippen LogP contribution in [0.15, 0.2) is 59.0 Å². The van der Waals surface area contributed by atoms with Crippen LogP contribution < -0.4 is 10.1 Å². The Hall–Kier alpha value is -3.35. The number of ether oxygens (including phenoxy) is 1. The Bertz CT molecular complexity index is 1370. The van der Waals surface area contributed by atoms with Gasteiger partial charge in [-0.3, -0.25) is 9.59 Å². The summed E-state index contributed by atoms with van der Waals surface area (Å²) >= 11 is 12.5. The van der Waals surface area contributed by atoms with Gasteiger partial charge in [0.25, 0.3) is 5.91 Å². The van der Waals surface area contributed by atoms with Crippen LogP contribution in [0.4, 0.5) is 10.1 Å². The first-order valence-electron chi connectivity index (χ1n) is 10.1. The highest BCUT2D eigenvalue weighted by molar-refractivity contribution is 6.38. The summed E-state index contributed by atoms with van der Waals surface area (Å²) in [5.41, 5.74) is 1.24. The van der Waals surface area contributed by atoms with E-state index in [2.05, 4.69) is 5.32 Å². The molecular formula is C25H18Cl2FNO4. The smallest absolute Gasteiger partial charge is 0.255 e. The normalized spacial score (nSPS) is 10.9. The fourth-order valence-electron chi connectivity index (χ4n) is 3.35. The summed E-state index contributed by atoms with van der Waals surface area (Å²) in [5.74, 6) is -1.47. The number of carbonyl (C=O) groups is 2. The van der Waals surface area contributed by atoms with E-state index in [4.69, 9.17) is 32.4 Å². The molecule has 0 aliphatic rings. The highest BCUT2D eigenvalue weighted by Crippen LogP contribution is 2.36. The van der Waals surface area contributed by atoms with Gasteiger partial charge in [-0.2, -0.15) is 0 Å². The predicted molar refractivity (Wildman–Crippen MR) is 126 cm³/mol. The van der Waals surface area contributed by atoms with Gasteiger partial charge in [-0.15, -0.1) is 0 Å². The molecule has 0 saturated carbocycles. The average Bonchev–Trinajstić information content (AvgIpc) is 3.15. The number of anilines is 1. The van der Waals surface area contributed by atoms with Gasteiger partial charge in [0.05, 0.1) is 22.3 Å². The van der Waals surface area contributed by atoms with Crippen molar-refractivity contribution in [1.82, 2.24) is 0 Å². The SMILES string of the molecule is CCOc1c(Cl)cc(C(=O)Nc2c(C(=O)c3ccc(C)c(F)c3)oc3ccccc23)cc1Cl. The lowest BCUT2D eigenvalue weighted by molar-refractivity contribution is 0.101. The maximum absolute atomic E-state index is 14.1. The molecule has 5 nitrogen and oxygen atoms in total. The molecule has 4 rings (SSSR count). The number of benzene rings is 3. The Kier molecular flexibility index (Phi) is 6.40. The van der Waals surface area contributed by atoms with Crippen molar-refractivity contribution in [3.05, 3.63) is 92.9 Å². The van der Waals surface area contributed by atoms with Gasteiger partial charge in [0, 0.05) is 16.5 Å². The molecule has 8 heteroatoms. The second-order valence-electron chi connectivity index (χ2n) is 7.25. The van der Waals surface area contributed by atoms with E-state index in [9.17, 15) is 14.0 Å². The number of fused-ring (bicyclic) bond motifs is 1. The minimum absolute atomic E-state index is 0.0970. The van der Waals surface area contributed by atoms with Crippen molar-refractivity contribution in [1.29, 1.82) is 0 Å². The van der Waals surface area contributed by atoms with Crippen molar-refractivity contribution in [2.24, 2.45) is 0 Å². The van der Waals surface area contributed by atoms with Crippen LogP contribution in [0.5, 0.6) is 5.75 Å². The standard InChI is InChI=1S/C25H18Cl2FNO4/c1-3-32-23-17(26)10-15(11-18(23)27)25(31)29-21-16-6-4-5-7-20(16)33-24(21)22(30)14-9-8-13(2)19(28)12-14/h4-12H,3H2,1-2H3,(H,29,31). The lowest BCUT2D eigenvalue weighted by Crippen LogP contribution is -2.14. The Morgan fingerprint density at radius 3 is 2.39 bits per heavy atom. The average molecular weight is 486 g/mol. The molecule has 1 heterocycles. The molecule has 4 aromatic rings. The maximum atomic E-state index is 14.1. The molecule has 0 aliphatic carbocycles. The summed E-state index contributed by atoms with van der Waals surface area (Å²) in [6.45, 7) is 3.75. The van der Waals surface area contributed by atoms with Crippen LogP contribution in [0.1, 0.15) is 39.0 Å². The largest absolute Gasteiger partial charge is 0.491 e. The molecule has 0 bridgehead atoms. The zero-order valence-corrected chi connectivity index (χ0v) is 19.2. The Morgan fingerprint density at radius 2 is 1.73 bits per heavy atom. The summed E-state index contributed by atoms with van der Waals surface area (Å²) in [5, 5.41) is 3.60. The number of aryl methyl sites for hydroxylation is 1. The number of amides is 1. The van der Waals surface area contributed by atoms with Crippen molar-refractivity contribution in [2.75, 3.05) is 11.9 Å². The Labute approximate surface area is 199 Å². The van der Waals surface area contributed by atoms with Gasteiger partial charge in [0.15, 0.2) is 11.5 Å². The molecule has 0 spiro atoms. The van der Waals surface area contributed by atoms with Gasteiger partial charge in [0.1, 0.15) is 11.4 Å².